The van der Waals surface area contributed by atoms with Gasteiger partial charge in [-0.25, -0.2) is 0 Å². The van der Waals surface area contributed by atoms with E-state index in [0.717, 1.165) is 18.6 Å². The number of rotatable bonds is 7. The lowest BCUT2D eigenvalue weighted by molar-refractivity contribution is -0.133. The topological polar surface area (TPSA) is 102 Å². The molecule has 0 fully saturated rings. The number of aliphatic imine (C=N–C) groups is 1. The van der Waals surface area contributed by atoms with Crippen LogP contribution in [0.4, 0.5) is 0 Å². The van der Waals surface area contributed by atoms with Crippen LogP contribution in [-0.4, -0.2) is 35.1 Å². The monoisotopic (exact) mass is 205 g/mol. The van der Waals surface area contributed by atoms with Gasteiger partial charge in [0.15, 0.2) is 5.96 Å². The summed E-state index contributed by atoms with van der Waals surface area (Å²) in [7, 11) is 0. The molecule has 0 aromatic carbocycles. The van der Waals surface area contributed by atoms with Crippen molar-refractivity contribution < 1.29 is 9.90 Å². The van der Waals surface area contributed by atoms with Crippen molar-refractivity contribution in [2.75, 3.05) is 18.1 Å². The Kier molecular flexibility index (Phi) is 7.18. The molecular weight excluding hydrogens is 190 g/mol. The lowest BCUT2D eigenvalue weighted by atomic mass is 10.3. The van der Waals surface area contributed by atoms with E-state index in [4.69, 9.17) is 16.6 Å². The van der Waals surface area contributed by atoms with Gasteiger partial charge in [-0.1, -0.05) is 0 Å². The Labute approximate surface area is 81.6 Å². The van der Waals surface area contributed by atoms with Crippen LogP contribution in [0.25, 0.3) is 0 Å². The maximum absolute atomic E-state index is 10.1. The van der Waals surface area contributed by atoms with E-state index >= 15 is 0 Å². The highest BCUT2D eigenvalue weighted by Gasteiger charge is 1.95. The second-order valence-electron chi connectivity index (χ2n) is 2.46. The molecule has 13 heavy (non-hydrogen) atoms. The van der Waals surface area contributed by atoms with E-state index in [1.807, 2.05) is 0 Å². The van der Waals surface area contributed by atoms with Gasteiger partial charge in [-0.05, 0) is 18.6 Å². The van der Waals surface area contributed by atoms with Gasteiger partial charge in [-0.3, -0.25) is 9.79 Å². The summed E-state index contributed by atoms with van der Waals surface area (Å²) in [6.45, 7) is 0.621. The van der Waals surface area contributed by atoms with Gasteiger partial charge >= 0.3 is 5.97 Å². The molecule has 0 aromatic rings. The third-order valence-electron chi connectivity index (χ3n) is 1.22. The van der Waals surface area contributed by atoms with Crippen molar-refractivity contribution in [1.82, 2.24) is 0 Å². The Hall–Kier alpha value is -0.910. The summed E-state index contributed by atoms with van der Waals surface area (Å²) < 4.78 is 0. The molecule has 0 amide bonds. The highest BCUT2D eigenvalue weighted by atomic mass is 32.2. The van der Waals surface area contributed by atoms with Gasteiger partial charge in [0, 0.05) is 6.54 Å². The molecule has 0 bridgehead atoms. The zero-order valence-corrected chi connectivity index (χ0v) is 8.22. The predicted octanol–water partition coefficient (Wildman–Crippen LogP) is -0.142. The maximum atomic E-state index is 10.1. The summed E-state index contributed by atoms with van der Waals surface area (Å²) in [5.41, 5.74) is 10.2. The molecule has 0 aliphatic carbocycles. The number of hydrogen-bond donors (Lipinski definition) is 3. The lowest BCUT2D eigenvalue weighted by Gasteiger charge is -1.97. The number of unbranched alkanes of at least 4 members (excludes halogenated alkanes) is 1. The minimum Gasteiger partial charge on any atom is -0.481 e. The summed E-state index contributed by atoms with van der Waals surface area (Å²) in [4.78, 5) is 13.9. The van der Waals surface area contributed by atoms with Crippen molar-refractivity contribution in [3.8, 4) is 0 Å². The summed E-state index contributed by atoms with van der Waals surface area (Å²) >= 11 is 1.41. The van der Waals surface area contributed by atoms with Crippen molar-refractivity contribution in [2.24, 2.45) is 16.5 Å². The van der Waals surface area contributed by atoms with Gasteiger partial charge in [0.25, 0.3) is 0 Å². The highest BCUT2D eigenvalue weighted by molar-refractivity contribution is 7.99. The first-order chi connectivity index (χ1) is 6.13. The Bertz CT molecular complexity index is 181. The summed E-state index contributed by atoms with van der Waals surface area (Å²) in [6, 6.07) is 0. The van der Waals surface area contributed by atoms with Gasteiger partial charge in [-0.2, -0.15) is 11.8 Å². The van der Waals surface area contributed by atoms with E-state index in [1.54, 1.807) is 0 Å². The molecule has 0 aliphatic rings. The van der Waals surface area contributed by atoms with Crippen molar-refractivity contribution in [3.63, 3.8) is 0 Å². The quantitative estimate of drug-likeness (QED) is 0.305. The van der Waals surface area contributed by atoms with Crippen molar-refractivity contribution in [1.29, 1.82) is 0 Å². The number of thioether (sulfide) groups is 1. The fraction of sp³-hybridized carbons (Fsp3) is 0.714. The normalized spacial score (nSPS) is 9.54. The molecular formula is C7H15N3O2S. The third-order valence-corrected chi connectivity index (χ3v) is 2.25. The maximum Gasteiger partial charge on any atom is 0.313 e. The summed E-state index contributed by atoms with van der Waals surface area (Å²) in [5, 5.41) is 8.31. The Morgan fingerprint density at radius 2 is 2.08 bits per heavy atom. The lowest BCUT2D eigenvalue weighted by Crippen LogP contribution is -2.22. The SMILES string of the molecule is NC(N)=NCCCCSCC(=O)O. The molecule has 0 radical (unpaired) electrons. The van der Waals surface area contributed by atoms with Crippen LogP contribution in [0.15, 0.2) is 4.99 Å². The molecule has 5 N–H and O–H groups in total. The van der Waals surface area contributed by atoms with Crippen LogP contribution >= 0.6 is 11.8 Å². The molecule has 0 heterocycles. The Morgan fingerprint density at radius 3 is 2.62 bits per heavy atom. The first-order valence-electron chi connectivity index (χ1n) is 3.98. The molecule has 0 aliphatic heterocycles. The Balaban J connectivity index is 3.09. The highest BCUT2D eigenvalue weighted by Crippen LogP contribution is 2.03. The van der Waals surface area contributed by atoms with Crippen LogP contribution in [0, 0.1) is 0 Å². The van der Waals surface area contributed by atoms with Gasteiger partial charge in [0.2, 0.25) is 0 Å². The Morgan fingerprint density at radius 1 is 1.38 bits per heavy atom. The van der Waals surface area contributed by atoms with E-state index < -0.39 is 5.97 Å². The van der Waals surface area contributed by atoms with Crippen LogP contribution < -0.4 is 11.5 Å². The number of carboxylic acid groups (broad SMARTS) is 1. The van der Waals surface area contributed by atoms with Gasteiger partial charge in [-0.15, -0.1) is 0 Å². The molecule has 0 spiro atoms. The van der Waals surface area contributed by atoms with Crippen LogP contribution in [0.2, 0.25) is 0 Å². The fourth-order valence-electron chi connectivity index (χ4n) is 0.684. The zero-order chi connectivity index (χ0) is 10.1. The molecule has 0 aromatic heterocycles. The predicted molar refractivity (Wildman–Crippen MR) is 54.9 cm³/mol. The minimum absolute atomic E-state index is 0.109. The van der Waals surface area contributed by atoms with Gasteiger partial charge < -0.3 is 16.6 Å². The molecule has 0 saturated heterocycles. The molecule has 0 atom stereocenters. The van der Waals surface area contributed by atoms with E-state index in [9.17, 15) is 4.79 Å². The molecule has 76 valence electrons. The molecule has 0 rings (SSSR count). The average Bonchev–Trinajstić information content (AvgIpc) is 2.01. The smallest absolute Gasteiger partial charge is 0.313 e. The number of aliphatic carboxylic acids is 1. The standard InChI is InChI=1S/C7H15N3O2S/c8-7(9)10-3-1-2-4-13-5-6(11)12/h1-5H2,(H,11,12)(H4,8,9,10). The first kappa shape index (κ1) is 12.1. The minimum atomic E-state index is -0.769. The van der Waals surface area contributed by atoms with E-state index in [0.29, 0.717) is 6.54 Å². The van der Waals surface area contributed by atoms with Crippen LogP contribution in [0.3, 0.4) is 0 Å². The van der Waals surface area contributed by atoms with Crippen LogP contribution in [-0.2, 0) is 4.79 Å². The van der Waals surface area contributed by atoms with Crippen LogP contribution in [0.5, 0.6) is 0 Å². The number of hydrogen-bond acceptors (Lipinski definition) is 3. The van der Waals surface area contributed by atoms with Crippen molar-refractivity contribution in [3.05, 3.63) is 0 Å². The number of carboxylic acids is 1. The van der Waals surface area contributed by atoms with Crippen LogP contribution in [0.1, 0.15) is 12.8 Å². The second kappa shape index (κ2) is 7.72. The van der Waals surface area contributed by atoms with Gasteiger partial charge in [0.1, 0.15) is 0 Å². The molecule has 0 unspecified atom stereocenters. The first-order valence-corrected chi connectivity index (χ1v) is 5.13. The van der Waals surface area contributed by atoms with Crippen molar-refractivity contribution in [2.45, 2.75) is 12.8 Å². The number of guanidine groups is 1. The largest absolute Gasteiger partial charge is 0.481 e. The second-order valence-corrected chi connectivity index (χ2v) is 3.57. The molecule has 0 saturated carbocycles. The average molecular weight is 205 g/mol. The number of nitrogens with zero attached hydrogens (tertiary/aromatic N) is 1. The zero-order valence-electron chi connectivity index (χ0n) is 7.40. The van der Waals surface area contributed by atoms with E-state index in [1.165, 1.54) is 11.8 Å². The van der Waals surface area contributed by atoms with E-state index in [2.05, 4.69) is 4.99 Å². The molecule has 6 heteroatoms. The summed E-state index contributed by atoms with van der Waals surface area (Å²) in [6.07, 6.45) is 1.83. The molecule has 5 nitrogen and oxygen atoms in total. The number of nitrogens with two attached hydrogens (primary N) is 2. The third kappa shape index (κ3) is 11.1. The van der Waals surface area contributed by atoms with E-state index in [-0.39, 0.29) is 11.7 Å². The van der Waals surface area contributed by atoms with Crippen molar-refractivity contribution >= 4 is 23.7 Å². The fourth-order valence-corrected chi connectivity index (χ4v) is 1.41. The number of carbonyl (C=O) groups is 1. The summed E-state index contributed by atoms with van der Waals surface area (Å²) in [5.74, 6) is 0.349. The van der Waals surface area contributed by atoms with Gasteiger partial charge in [0.05, 0.1) is 5.75 Å².